The van der Waals surface area contributed by atoms with E-state index in [0.29, 0.717) is 11.6 Å². The van der Waals surface area contributed by atoms with E-state index in [1.54, 1.807) is 0 Å². The predicted octanol–water partition coefficient (Wildman–Crippen LogP) is 4.37. The van der Waals surface area contributed by atoms with Crippen molar-refractivity contribution in [1.82, 2.24) is 0 Å². The zero-order valence-electron chi connectivity index (χ0n) is 11.6. The lowest BCUT2D eigenvalue weighted by atomic mass is 9.66. The fourth-order valence-corrected chi connectivity index (χ4v) is 4.52. The van der Waals surface area contributed by atoms with Crippen molar-refractivity contribution >= 4 is 22.9 Å². The Morgan fingerprint density at radius 3 is 2.68 bits per heavy atom. The first-order chi connectivity index (χ1) is 9.11. The van der Waals surface area contributed by atoms with Crippen molar-refractivity contribution < 1.29 is 5.11 Å². The van der Waals surface area contributed by atoms with Crippen LogP contribution in [0.4, 0.5) is 0 Å². The number of rotatable bonds is 5. The Morgan fingerprint density at radius 1 is 1.53 bits per heavy atom. The van der Waals surface area contributed by atoms with Crippen molar-refractivity contribution in [2.75, 3.05) is 6.54 Å². The molecule has 0 aromatic carbocycles. The Kier molecular flexibility index (Phi) is 5.29. The number of halogens is 1. The molecule has 0 amide bonds. The summed E-state index contributed by atoms with van der Waals surface area (Å²) in [4.78, 5) is 0.962. The highest BCUT2D eigenvalue weighted by molar-refractivity contribution is 7.10. The van der Waals surface area contributed by atoms with E-state index >= 15 is 0 Å². The van der Waals surface area contributed by atoms with Crippen LogP contribution in [0.1, 0.15) is 56.4 Å². The molecule has 1 atom stereocenters. The molecule has 1 aliphatic rings. The fourth-order valence-electron chi connectivity index (χ4n) is 3.31. The molecule has 1 aromatic rings. The molecule has 0 bridgehead atoms. The van der Waals surface area contributed by atoms with Gasteiger partial charge in [-0.15, -0.1) is 11.3 Å². The van der Waals surface area contributed by atoms with E-state index in [1.807, 2.05) is 11.4 Å². The fraction of sp³-hybridized carbons (Fsp3) is 0.733. The van der Waals surface area contributed by atoms with Crippen molar-refractivity contribution in [3.05, 3.63) is 21.3 Å². The summed E-state index contributed by atoms with van der Waals surface area (Å²) < 4.78 is 0. The van der Waals surface area contributed by atoms with Crippen LogP contribution in [0.25, 0.3) is 0 Å². The van der Waals surface area contributed by atoms with Crippen LogP contribution >= 0.6 is 22.9 Å². The summed E-state index contributed by atoms with van der Waals surface area (Å²) in [5.74, 6) is 0.823. The van der Waals surface area contributed by atoms with Gasteiger partial charge in [0.2, 0.25) is 0 Å². The Bertz CT molecular complexity index is 399. The second-order valence-corrected chi connectivity index (χ2v) is 7.25. The topological polar surface area (TPSA) is 46.2 Å². The SMILES string of the molecule is CCCC1CCC(CN)(C(O)c2cc(Cl)cs2)CC1. The number of aliphatic hydroxyl groups is 1. The minimum Gasteiger partial charge on any atom is -0.387 e. The first-order valence-corrected chi connectivity index (χ1v) is 8.49. The van der Waals surface area contributed by atoms with Crippen molar-refractivity contribution in [2.24, 2.45) is 17.1 Å². The van der Waals surface area contributed by atoms with Gasteiger partial charge in [-0.2, -0.15) is 0 Å². The molecule has 1 heterocycles. The molecule has 0 radical (unpaired) electrons. The van der Waals surface area contributed by atoms with Crippen molar-refractivity contribution in [2.45, 2.75) is 51.6 Å². The Balaban J connectivity index is 2.07. The summed E-state index contributed by atoms with van der Waals surface area (Å²) in [6.07, 6.45) is 6.56. The van der Waals surface area contributed by atoms with Crippen LogP contribution in [-0.2, 0) is 0 Å². The molecule has 1 saturated carbocycles. The van der Waals surface area contributed by atoms with Crippen molar-refractivity contribution in [3.8, 4) is 0 Å². The normalized spacial score (nSPS) is 29.4. The molecule has 108 valence electrons. The highest BCUT2D eigenvalue weighted by Gasteiger charge is 2.41. The summed E-state index contributed by atoms with van der Waals surface area (Å²) in [5, 5.41) is 13.3. The molecule has 1 aromatic heterocycles. The Hall–Kier alpha value is -0.0900. The van der Waals surface area contributed by atoms with Gasteiger partial charge in [0.05, 0.1) is 11.1 Å². The first kappa shape index (κ1) is 15.3. The summed E-state index contributed by atoms with van der Waals surface area (Å²) in [7, 11) is 0. The standard InChI is InChI=1S/C15H24ClNOS/c1-2-3-11-4-6-15(10-17,7-5-11)14(18)13-8-12(16)9-19-13/h8-9,11,14,18H,2-7,10,17H2,1H3. The van der Waals surface area contributed by atoms with E-state index in [2.05, 4.69) is 6.92 Å². The minimum absolute atomic E-state index is 0.140. The van der Waals surface area contributed by atoms with Crippen LogP contribution < -0.4 is 5.73 Å². The van der Waals surface area contributed by atoms with Gasteiger partial charge < -0.3 is 10.8 Å². The maximum absolute atomic E-state index is 10.7. The van der Waals surface area contributed by atoms with Gasteiger partial charge in [0, 0.05) is 22.2 Å². The molecule has 3 N–H and O–H groups in total. The van der Waals surface area contributed by atoms with E-state index in [4.69, 9.17) is 17.3 Å². The van der Waals surface area contributed by atoms with Gasteiger partial charge >= 0.3 is 0 Å². The second-order valence-electron chi connectivity index (χ2n) is 5.87. The molecule has 1 unspecified atom stereocenters. The summed E-state index contributed by atoms with van der Waals surface area (Å²) >= 11 is 7.50. The van der Waals surface area contributed by atoms with E-state index in [0.717, 1.165) is 23.6 Å². The second kappa shape index (κ2) is 6.57. The number of aliphatic hydroxyl groups excluding tert-OH is 1. The lowest BCUT2D eigenvalue weighted by Gasteiger charge is -2.42. The van der Waals surface area contributed by atoms with Crippen molar-refractivity contribution in [3.63, 3.8) is 0 Å². The largest absolute Gasteiger partial charge is 0.387 e. The summed E-state index contributed by atoms with van der Waals surface area (Å²) in [5.41, 5.74) is 5.87. The van der Waals surface area contributed by atoms with Gasteiger partial charge in [-0.05, 0) is 37.7 Å². The zero-order valence-corrected chi connectivity index (χ0v) is 13.1. The average molecular weight is 302 g/mol. The van der Waals surface area contributed by atoms with Crippen LogP contribution in [0.2, 0.25) is 5.02 Å². The van der Waals surface area contributed by atoms with E-state index < -0.39 is 6.10 Å². The molecule has 0 aliphatic heterocycles. The molecule has 4 heteroatoms. The van der Waals surface area contributed by atoms with Crippen LogP contribution in [0.15, 0.2) is 11.4 Å². The third-order valence-electron chi connectivity index (χ3n) is 4.64. The van der Waals surface area contributed by atoms with Crippen LogP contribution in [0.3, 0.4) is 0 Å². The van der Waals surface area contributed by atoms with E-state index in [1.165, 1.54) is 37.0 Å². The van der Waals surface area contributed by atoms with Crippen LogP contribution in [0, 0.1) is 11.3 Å². The van der Waals surface area contributed by atoms with Gasteiger partial charge in [0.25, 0.3) is 0 Å². The van der Waals surface area contributed by atoms with E-state index in [9.17, 15) is 5.11 Å². The number of thiophene rings is 1. The Labute approximate surface area is 125 Å². The molecular formula is C15H24ClNOS. The Morgan fingerprint density at radius 2 is 2.21 bits per heavy atom. The number of hydrogen-bond donors (Lipinski definition) is 2. The number of hydrogen-bond acceptors (Lipinski definition) is 3. The highest BCUT2D eigenvalue weighted by atomic mass is 35.5. The summed E-state index contributed by atoms with van der Waals surface area (Å²) in [6, 6.07) is 1.88. The zero-order chi connectivity index (χ0) is 13.9. The molecule has 0 spiro atoms. The average Bonchev–Trinajstić information content (AvgIpc) is 2.86. The monoisotopic (exact) mass is 301 g/mol. The van der Waals surface area contributed by atoms with Crippen molar-refractivity contribution in [1.29, 1.82) is 0 Å². The van der Waals surface area contributed by atoms with Gasteiger partial charge in [-0.1, -0.05) is 31.4 Å². The third-order valence-corrected chi connectivity index (χ3v) is 5.97. The summed E-state index contributed by atoms with van der Waals surface area (Å²) in [6.45, 7) is 2.80. The lowest BCUT2D eigenvalue weighted by Crippen LogP contribution is -2.40. The molecular weight excluding hydrogens is 278 g/mol. The molecule has 2 nitrogen and oxygen atoms in total. The number of nitrogens with two attached hydrogens (primary N) is 1. The van der Waals surface area contributed by atoms with Gasteiger partial charge in [0.1, 0.15) is 0 Å². The molecule has 19 heavy (non-hydrogen) atoms. The van der Waals surface area contributed by atoms with Gasteiger partial charge in [-0.25, -0.2) is 0 Å². The smallest absolute Gasteiger partial charge is 0.0950 e. The first-order valence-electron chi connectivity index (χ1n) is 7.23. The maximum atomic E-state index is 10.7. The van der Waals surface area contributed by atoms with Crippen LogP contribution in [-0.4, -0.2) is 11.7 Å². The molecule has 1 fully saturated rings. The quantitative estimate of drug-likeness (QED) is 0.848. The highest BCUT2D eigenvalue weighted by Crippen LogP contribution is 2.49. The van der Waals surface area contributed by atoms with Gasteiger partial charge in [0.15, 0.2) is 0 Å². The predicted molar refractivity (Wildman–Crippen MR) is 82.6 cm³/mol. The van der Waals surface area contributed by atoms with E-state index in [-0.39, 0.29) is 5.41 Å². The third kappa shape index (κ3) is 3.33. The minimum atomic E-state index is -0.461. The molecule has 0 saturated heterocycles. The maximum Gasteiger partial charge on any atom is 0.0950 e. The molecule has 2 rings (SSSR count). The lowest BCUT2D eigenvalue weighted by molar-refractivity contribution is -0.00858. The molecule has 1 aliphatic carbocycles. The van der Waals surface area contributed by atoms with Gasteiger partial charge in [-0.3, -0.25) is 0 Å². The van der Waals surface area contributed by atoms with Crippen LogP contribution in [0.5, 0.6) is 0 Å².